The molecular weight excluding hydrogens is 407 g/mol. The maximum absolute atomic E-state index is 13.9. The normalized spacial score (nSPS) is 15.7. The van der Waals surface area contributed by atoms with Crippen LogP contribution in [0, 0.1) is 17.5 Å². The monoisotopic (exact) mass is 417 g/mol. The van der Waals surface area contributed by atoms with Crippen LogP contribution in [0.3, 0.4) is 0 Å². The van der Waals surface area contributed by atoms with E-state index >= 15 is 0 Å². The van der Waals surface area contributed by atoms with Crippen molar-refractivity contribution in [3.8, 4) is 11.3 Å². The zero-order valence-electron chi connectivity index (χ0n) is 14.0. The van der Waals surface area contributed by atoms with Crippen molar-refractivity contribution < 1.29 is 22.4 Å². The van der Waals surface area contributed by atoms with Gasteiger partial charge in [-0.1, -0.05) is 30.0 Å². The van der Waals surface area contributed by atoms with E-state index in [9.17, 15) is 18.0 Å². The number of hydrogen-bond acceptors (Lipinski definition) is 4. The third-order valence-electron chi connectivity index (χ3n) is 3.96. The van der Waals surface area contributed by atoms with Crippen molar-refractivity contribution in [1.82, 2.24) is 0 Å². The molecule has 3 aromatic rings. The molecule has 0 spiro atoms. The van der Waals surface area contributed by atoms with Gasteiger partial charge in [0, 0.05) is 12.1 Å². The summed E-state index contributed by atoms with van der Waals surface area (Å²) in [5, 5.41) is 0. The van der Waals surface area contributed by atoms with E-state index in [4.69, 9.17) is 16.6 Å². The number of anilines is 1. The lowest BCUT2D eigenvalue weighted by atomic mass is 10.1. The van der Waals surface area contributed by atoms with Crippen LogP contribution in [0.1, 0.15) is 5.76 Å². The number of carbonyl (C=O) groups is 1. The van der Waals surface area contributed by atoms with Gasteiger partial charge in [0.2, 0.25) is 0 Å². The third-order valence-corrected chi connectivity index (χ3v) is 5.26. The molecule has 0 radical (unpaired) electrons. The second-order valence-electron chi connectivity index (χ2n) is 5.82. The summed E-state index contributed by atoms with van der Waals surface area (Å²) in [5.74, 6) is -1.82. The number of amides is 1. The number of rotatable bonds is 3. The molecule has 140 valence electrons. The van der Waals surface area contributed by atoms with Gasteiger partial charge in [0.15, 0.2) is 4.32 Å². The fourth-order valence-corrected chi connectivity index (χ4v) is 3.98. The summed E-state index contributed by atoms with van der Waals surface area (Å²) in [6.45, 7) is 0. The molecule has 2 aromatic carbocycles. The Morgan fingerprint density at radius 1 is 1.00 bits per heavy atom. The van der Waals surface area contributed by atoms with Crippen LogP contribution in [0.5, 0.6) is 0 Å². The Labute approximate surface area is 167 Å². The first-order chi connectivity index (χ1) is 13.4. The van der Waals surface area contributed by atoms with Crippen molar-refractivity contribution in [1.29, 1.82) is 0 Å². The Balaban J connectivity index is 1.62. The van der Waals surface area contributed by atoms with Crippen LogP contribution in [0.25, 0.3) is 17.4 Å². The van der Waals surface area contributed by atoms with Gasteiger partial charge in [-0.05, 0) is 42.5 Å². The summed E-state index contributed by atoms with van der Waals surface area (Å²) in [6, 6.07) is 11.8. The van der Waals surface area contributed by atoms with E-state index in [-0.39, 0.29) is 20.5 Å². The van der Waals surface area contributed by atoms with E-state index in [1.54, 1.807) is 12.1 Å². The molecule has 1 aliphatic rings. The first-order valence-corrected chi connectivity index (χ1v) is 9.23. The maximum atomic E-state index is 13.9. The molecule has 2 heterocycles. The zero-order valence-corrected chi connectivity index (χ0v) is 15.6. The average Bonchev–Trinajstić information content (AvgIpc) is 3.20. The summed E-state index contributed by atoms with van der Waals surface area (Å²) in [7, 11) is 0. The van der Waals surface area contributed by atoms with Gasteiger partial charge in [-0.25, -0.2) is 13.2 Å². The van der Waals surface area contributed by atoms with Crippen LogP contribution in [-0.2, 0) is 4.79 Å². The van der Waals surface area contributed by atoms with Crippen LogP contribution in [-0.4, -0.2) is 10.2 Å². The second-order valence-corrected chi connectivity index (χ2v) is 7.50. The van der Waals surface area contributed by atoms with E-state index < -0.39 is 23.4 Å². The van der Waals surface area contributed by atoms with Gasteiger partial charge in [0.1, 0.15) is 29.0 Å². The lowest BCUT2D eigenvalue weighted by Gasteiger charge is -2.14. The minimum absolute atomic E-state index is 0.105. The third kappa shape index (κ3) is 3.48. The number of furan rings is 1. The molecular formula is C20H10F3NO2S2. The fourth-order valence-electron chi connectivity index (χ4n) is 2.70. The molecule has 28 heavy (non-hydrogen) atoms. The van der Waals surface area contributed by atoms with Gasteiger partial charge in [-0.15, -0.1) is 0 Å². The maximum Gasteiger partial charge on any atom is 0.270 e. The van der Waals surface area contributed by atoms with Crippen molar-refractivity contribution in [2.24, 2.45) is 0 Å². The number of hydrogen-bond donors (Lipinski definition) is 0. The van der Waals surface area contributed by atoms with Gasteiger partial charge < -0.3 is 4.42 Å². The molecule has 3 nitrogen and oxygen atoms in total. The summed E-state index contributed by atoms with van der Waals surface area (Å²) in [4.78, 5) is 14.2. The van der Waals surface area contributed by atoms with E-state index in [0.717, 1.165) is 23.9 Å². The van der Waals surface area contributed by atoms with Crippen molar-refractivity contribution in [2.75, 3.05) is 4.90 Å². The minimum Gasteiger partial charge on any atom is -0.457 e. The molecule has 1 saturated heterocycles. The van der Waals surface area contributed by atoms with E-state index in [1.165, 1.54) is 41.3 Å². The van der Waals surface area contributed by atoms with Crippen LogP contribution in [0.4, 0.5) is 18.9 Å². The Hall–Kier alpha value is -2.84. The molecule has 0 aliphatic carbocycles. The number of thioether (sulfide) groups is 1. The highest BCUT2D eigenvalue weighted by Crippen LogP contribution is 2.37. The zero-order chi connectivity index (χ0) is 19.8. The van der Waals surface area contributed by atoms with Crippen molar-refractivity contribution >= 4 is 46.0 Å². The van der Waals surface area contributed by atoms with Crippen molar-refractivity contribution in [3.05, 3.63) is 82.7 Å². The highest BCUT2D eigenvalue weighted by molar-refractivity contribution is 8.27. The number of nitrogens with zero attached hydrogens (tertiary/aromatic N) is 1. The minimum atomic E-state index is -0.752. The Kier molecular flexibility index (Phi) is 4.82. The van der Waals surface area contributed by atoms with Gasteiger partial charge in [-0.3, -0.25) is 9.69 Å². The number of carbonyl (C=O) groups excluding carboxylic acids is 1. The van der Waals surface area contributed by atoms with Gasteiger partial charge in [0.05, 0.1) is 16.2 Å². The predicted molar refractivity (Wildman–Crippen MR) is 106 cm³/mol. The van der Waals surface area contributed by atoms with Crippen LogP contribution in [0.2, 0.25) is 0 Å². The number of halogens is 3. The molecule has 8 heteroatoms. The summed E-state index contributed by atoms with van der Waals surface area (Å²) in [6.07, 6.45) is 1.48. The van der Waals surface area contributed by atoms with Gasteiger partial charge >= 0.3 is 0 Å². The van der Waals surface area contributed by atoms with Gasteiger partial charge in [0.25, 0.3) is 5.91 Å². The number of benzene rings is 2. The topological polar surface area (TPSA) is 33.5 Å². The van der Waals surface area contributed by atoms with E-state index in [0.29, 0.717) is 11.4 Å². The molecule has 1 amide bonds. The molecule has 0 bridgehead atoms. The smallest absolute Gasteiger partial charge is 0.270 e. The van der Waals surface area contributed by atoms with Crippen molar-refractivity contribution in [3.63, 3.8) is 0 Å². The lowest BCUT2D eigenvalue weighted by molar-refractivity contribution is -0.113. The van der Waals surface area contributed by atoms with Gasteiger partial charge in [-0.2, -0.15) is 0 Å². The lowest BCUT2D eigenvalue weighted by Crippen LogP contribution is -2.27. The predicted octanol–water partition coefficient (Wildman–Crippen LogP) is 5.77. The average molecular weight is 417 g/mol. The quantitative estimate of drug-likeness (QED) is 0.400. The molecule has 0 N–H and O–H groups in total. The first-order valence-electron chi connectivity index (χ1n) is 8.01. The molecule has 1 fully saturated rings. The summed E-state index contributed by atoms with van der Waals surface area (Å²) in [5.41, 5.74) is 0.438. The molecule has 0 unspecified atom stereocenters. The van der Waals surface area contributed by atoms with E-state index in [2.05, 4.69) is 0 Å². The number of thiocarbonyl (C=S) groups is 1. The highest BCUT2D eigenvalue weighted by atomic mass is 32.2. The Bertz CT molecular complexity index is 1140. The molecule has 0 atom stereocenters. The first kappa shape index (κ1) is 18.5. The van der Waals surface area contributed by atoms with Crippen LogP contribution in [0.15, 0.2) is 63.9 Å². The van der Waals surface area contributed by atoms with Crippen molar-refractivity contribution in [2.45, 2.75) is 0 Å². The fraction of sp³-hybridized carbons (Fsp3) is 0. The Morgan fingerprint density at radius 2 is 1.79 bits per heavy atom. The summed E-state index contributed by atoms with van der Waals surface area (Å²) < 4.78 is 46.3. The van der Waals surface area contributed by atoms with Crippen LogP contribution < -0.4 is 4.90 Å². The molecule has 4 rings (SSSR count). The SMILES string of the molecule is O=C1/C(=C/c2ccc(-c3ccc(F)cc3F)o2)SC(=S)N1c1cccc(F)c1. The Morgan fingerprint density at radius 3 is 2.54 bits per heavy atom. The van der Waals surface area contributed by atoms with Crippen LogP contribution >= 0.6 is 24.0 Å². The molecule has 1 aromatic heterocycles. The second kappa shape index (κ2) is 7.29. The largest absolute Gasteiger partial charge is 0.457 e. The molecule has 0 saturated carbocycles. The highest BCUT2D eigenvalue weighted by Gasteiger charge is 2.33. The molecule has 1 aliphatic heterocycles. The standard InChI is InChI=1S/C20H10F3NO2S2/c21-11-2-1-3-13(8-11)24-19(25)18(28-20(24)27)10-14-5-7-17(26-14)15-6-4-12(22)9-16(15)23/h1-10H/b18-10-. The van der Waals surface area contributed by atoms with E-state index in [1.807, 2.05) is 0 Å². The summed E-state index contributed by atoms with van der Waals surface area (Å²) >= 11 is 6.29.